The van der Waals surface area contributed by atoms with Gasteiger partial charge in [0.05, 0.1) is 0 Å². The Labute approximate surface area is 192 Å². The molecule has 170 valence electrons. The Morgan fingerprint density at radius 3 is 2.70 bits per heavy atom. The molecule has 2 N–H and O–H groups in total. The second-order valence-corrected chi connectivity index (χ2v) is 8.35. The van der Waals surface area contributed by atoms with Crippen molar-refractivity contribution in [2.75, 3.05) is 6.54 Å². The van der Waals surface area contributed by atoms with Crippen LogP contribution in [0, 0.1) is 5.92 Å². The molecule has 1 unspecified atom stereocenters. The van der Waals surface area contributed by atoms with Gasteiger partial charge in [-0.05, 0) is 55.2 Å². The molecule has 4 rings (SSSR count). The quantitative estimate of drug-likeness (QED) is 0.422. The number of carboxylic acids is 1. The molecule has 1 aromatic carbocycles. The van der Waals surface area contributed by atoms with E-state index in [1.807, 2.05) is 30.4 Å². The number of hydrogen-bond acceptors (Lipinski definition) is 5. The first-order chi connectivity index (χ1) is 16.1. The van der Waals surface area contributed by atoms with Gasteiger partial charge in [0.1, 0.15) is 6.26 Å². The summed E-state index contributed by atoms with van der Waals surface area (Å²) in [6.07, 6.45) is 12.5. The van der Waals surface area contributed by atoms with Crippen LogP contribution in [-0.2, 0) is 10.2 Å². The van der Waals surface area contributed by atoms with Gasteiger partial charge in [0, 0.05) is 18.9 Å². The minimum absolute atomic E-state index is 0.0222. The first kappa shape index (κ1) is 22.5. The van der Waals surface area contributed by atoms with Crippen molar-refractivity contribution >= 4 is 18.0 Å². The van der Waals surface area contributed by atoms with Crippen molar-refractivity contribution in [1.82, 2.24) is 15.3 Å². The van der Waals surface area contributed by atoms with Crippen molar-refractivity contribution in [3.8, 4) is 0 Å². The highest BCUT2D eigenvalue weighted by Gasteiger charge is 2.46. The number of rotatable bonds is 11. The normalized spacial score (nSPS) is 15.3. The molecule has 7 heteroatoms. The average Bonchev–Trinajstić information content (AvgIpc) is 3.54. The second-order valence-electron chi connectivity index (χ2n) is 8.35. The Balaban J connectivity index is 1.54. The predicted molar refractivity (Wildman–Crippen MR) is 124 cm³/mol. The number of aromatic nitrogens is 2. The molecule has 2 aromatic heterocycles. The molecule has 1 saturated carbocycles. The van der Waals surface area contributed by atoms with E-state index in [9.17, 15) is 14.7 Å². The van der Waals surface area contributed by atoms with Gasteiger partial charge < -0.3 is 14.8 Å². The van der Waals surface area contributed by atoms with E-state index in [2.05, 4.69) is 15.3 Å². The summed E-state index contributed by atoms with van der Waals surface area (Å²) in [4.78, 5) is 33.6. The number of carboxylic acid groups (broad SMARTS) is 1. The van der Waals surface area contributed by atoms with Crippen molar-refractivity contribution in [3.63, 3.8) is 0 Å². The van der Waals surface area contributed by atoms with Gasteiger partial charge in [-0.25, -0.2) is 4.98 Å². The number of benzene rings is 1. The number of allylic oxidation sites excluding steroid dienone is 1. The largest absolute Gasteiger partial charge is 0.480 e. The molecule has 2 heterocycles. The first-order valence-corrected chi connectivity index (χ1v) is 11.2. The summed E-state index contributed by atoms with van der Waals surface area (Å²) in [5, 5.41) is 13.2. The van der Waals surface area contributed by atoms with Crippen molar-refractivity contribution < 1.29 is 19.1 Å². The number of carbonyl (C=O) groups excluding carboxylic acids is 1. The van der Waals surface area contributed by atoms with Crippen LogP contribution in [0.3, 0.4) is 0 Å². The fraction of sp³-hybridized carbons (Fsp3) is 0.308. The van der Waals surface area contributed by atoms with Crippen LogP contribution in [0.2, 0.25) is 0 Å². The topological polar surface area (TPSA) is 105 Å². The summed E-state index contributed by atoms with van der Waals surface area (Å²) < 4.78 is 5.64. The third kappa shape index (κ3) is 5.37. The number of pyridine rings is 1. The highest BCUT2D eigenvalue weighted by molar-refractivity contribution is 5.92. The van der Waals surface area contributed by atoms with E-state index >= 15 is 0 Å². The highest BCUT2D eigenvalue weighted by Crippen LogP contribution is 2.37. The third-order valence-electron chi connectivity index (χ3n) is 5.90. The zero-order valence-electron chi connectivity index (χ0n) is 18.3. The van der Waals surface area contributed by atoms with Gasteiger partial charge in [0.15, 0.2) is 11.1 Å². The lowest BCUT2D eigenvalue weighted by molar-refractivity contribution is -0.143. The highest BCUT2D eigenvalue weighted by atomic mass is 16.4. The molecule has 1 aliphatic rings. The smallest absolute Gasteiger partial charge is 0.323 e. The Morgan fingerprint density at radius 1 is 1.18 bits per heavy atom. The second kappa shape index (κ2) is 10.3. The number of unbranched alkanes of at least 4 members (excludes halogenated alkanes) is 1. The van der Waals surface area contributed by atoms with Gasteiger partial charge in [-0.15, -0.1) is 0 Å². The molecule has 1 amide bonds. The van der Waals surface area contributed by atoms with Crippen molar-refractivity contribution in [3.05, 3.63) is 89.9 Å². The van der Waals surface area contributed by atoms with E-state index in [4.69, 9.17) is 4.42 Å². The number of nitrogens with one attached hydrogen (secondary N) is 1. The standard InChI is InChI=1S/C26H27N3O4/c30-23(28-17-20-12-13-20)22-18-33-24(29-22)26(25(31)32,21-10-4-1-5-11-21)14-6-2-3-8-19-9-7-15-27-16-19/h1,3-5,7-11,15-16,18,20H,2,6,12-14,17H2,(H,28,30)(H,31,32). The van der Waals surface area contributed by atoms with E-state index in [1.54, 1.807) is 36.7 Å². The van der Waals surface area contributed by atoms with Gasteiger partial charge in [0.2, 0.25) is 5.89 Å². The fourth-order valence-electron chi connectivity index (χ4n) is 3.82. The van der Waals surface area contributed by atoms with Gasteiger partial charge in [0.25, 0.3) is 5.91 Å². The van der Waals surface area contributed by atoms with Crippen LogP contribution < -0.4 is 5.32 Å². The molecule has 1 aliphatic carbocycles. The number of amides is 1. The van der Waals surface area contributed by atoms with Gasteiger partial charge in [-0.1, -0.05) is 48.6 Å². The van der Waals surface area contributed by atoms with Crippen molar-refractivity contribution in [2.24, 2.45) is 5.92 Å². The Hall–Kier alpha value is -3.74. The molecule has 0 radical (unpaired) electrons. The fourth-order valence-corrected chi connectivity index (χ4v) is 3.82. The van der Waals surface area contributed by atoms with E-state index in [0.29, 0.717) is 30.9 Å². The summed E-state index contributed by atoms with van der Waals surface area (Å²) in [6, 6.07) is 12.8. The maximum absolute atomic E-state index is 12.7. The first-order valence-electron chi connectivity index (χ1n) is 11.2. The van der Waals surface area contributed by atoms with Crippen LogP contribution in [0.1, 0.15) is 59.6 Å². The van der Waals surface area contributed by atoms with Gasteiger partial charge in [-0.2, -0.15) is 0 Å². The Kier molecular flexibility index (Phi) is 6.98. The monoisotopic (exact) mass is 445 g/mol. The maximum Gasteiger partial charge on any atom is 0.323 e. The molecule has 0 spiro atoms. The van der Waals surface area contributed by atoms with Crippen LogP contribution in [0.4, 0.5) is 0 Å². The van der Waals surface area contributed by atoms with Gasteiger partial charge in [-0.3, -0.25) is 14.6 Å². The summed E-state index contributed by atoms with van der Waals surface area (Å²) >= 11 is 0. The van der Waals surface area contributed by atoms with Crippen LogP contribution in [-0.4, -0.2) is 33.5 Å². The Bertz CT molecular complexity index is 1110. The van der Waals surface area contributed by atoms with Crippen molar-refractivity contribution in [1.29, 1.82) is 0 Å². The zero-order valence-corrected chi connectivity index (χ0v) is 18.3. The minimum atomic E-state index is -1.49. The summed E-state index contributed by atoms with van der Waals surface area (Å²) in [7, 11) is 0. The molecule has 0 saturated heterocycles. The van der Waals surface area contributed by atoms with E-state index in [1.165, 1.54) is 6.26 Å². The summed E-state index contributed by atoms with van der Waals surface area (Å²) in [6.45, 7) is 0.604. The van der Waals surface area contributed by atoms with E-state index < -0.39 is 11.4 Å². The molecule has 1 atom stereocenters. The molecule has 0 bridgehead atoms. The number of aliphatic carboxylic acids is 1. The SMILES string of the molecule is O=C(NCC1CC1)c1coc(C(CCCC=Cc2cccnc2)(C(=O)O)c2ccccc2)n1. The lowest BCUT2D eigenvalue weighted by atomic mass is 9.76. The molecule has 33 heavy (non-hydrogen) atoms. The van der Waals surface area contributed by atoms with Crippen LogP contribution >= 0.6 is 0 Å². The summed E-state index contributed by atoms with van der Waals surface area (Å²) in [5.74, 6) is -0.850. The number of nitrogens with zero attached hydrogens (tertiary/aromatic N) is 2. The van der Waals surface area contributed by atoms with Crippen LogP contribution in [0.15, 0.2) is 71.6 Å². The molecule has 3 aromatic rings. The maximum atomic E-state index is 12.7. The minimum Gasteiger partial charge on any atom is -0.480 e. The molecule has 0 aliphatic heterocycles. The molecule has 1 fully saturated rings. The Morgan fingerprint density at radius 2 is 2.00 bits per heavy atom. The van der Waals surface area contributed by atoms with E-state index in [0.717, 1.165) is 18.4 Å². The molecular formula is C26H27N3O4. The van der Waals surface area contributed by atoms with Crippen molar-refractivity contribution in [2.45, 2.75) is 37.5 Å². The molecular weight excluding hydrogens is 418 g/mol. The van der Waals surface area contributed by atoms with E-state index in [-0.39, 0.29) is 23.9 Å². The number of hydrogen-bond donors (Lipinski definition) is 2. The zero-order chi connectivity index (χ0) is 23.1. The van der Waals surface area contributed by atoms with Gasteiger partial charge >= 0.3 is 5.97 Å². The van der Waals surface area contributed by atoms with Crippen LogP contribution in [0.25, 0.3) is 6.08 Å². The average molecular weight is 446 g/mol. The molecule has 7 nitrogen and oxygen atoms in total. The number of oxazole rings is 1. The summed E-state index contributed by atoms with van der Waals surface area (Å²) in [5.41, 5.74) is 0.169. The predicted octanol–water partition coefficient (Wildman–Crippen LogP) is 4.46. The lowest BCUT2D eigenvalue weighted by Crippen LogP contribution is -2.38. The van der Waals surface area contributed by atoms with Crippen LogP contribution in [0.5, 0.6) is 0 Å². The number of carbonyl (C=O) groups is 2. The third-order valence-corrected chi connectivity index (χ3v) is 5.90. The lowest BCUT2D eigenvalue weighted by Gasteiger charge is -2.26.